The molecule has 0 heterocycles. The fourth-order valence-electron chi connectivity index (χ4n) is 1.61. The van der Waals surface area contributed by atoms with Crippen LogP contribution in [0.2, 0.25) is 0 Å². The number of amides is 1. The molecule has 1 fully saturated rings. The first kappa shape index (κ1) is 14.0. The van der Waals surface area contributed by atoms with Gasteiger partial charge in [-0.15, -0.1) is 0 Å². The summed E-state index contributed by atoms with van der Waals surface area (Å²) in [5.41, 5.74) is 0.881. The maximum atomic E-state index is 11.5. The van der Waals surface area contributed by atoms with Crippen molar-refractivity contribution in [1.82, 2.24) is 5.32 Å². The van der Waals surface area contributed by atoms with Crippen LogP contribution in [0.25, 0.3) is 0 Å². The predicted molar refractivity (Wildman–Crippen MR) is 80.1 cm³/mol. The number of nitro benzene ring substituents is 1. The molecule has 1 saturated carbocycles. The molecule has 0 spiro atoms. The van der Waals surface area contributed by atoms with E-state index in [2.05, 4.69) is 10.6 Å². The SMILES string of the molecule is O=C(CCNc1ccc([N+](=O)[O-])c(I)c1)NC1CC1. The van der Waals surface area contributed by atoms with Crippen LogP contribution in [0.5, 0.6) is 0 Å². The summed E-state index contributed by atoms with van der Waals surface area (Å²) in [6.45, 7) is 0.520. The van der Waals surface area contributed by atoms with Crippen molar-refractivity contribution < 1.29 is 9.72 Å². The van der Waals surface area contributed by atoms with Gasteiger partial charge in [-0.3, -0.25) is 14.9 Å². The monoisotopic (exact) mass is 375 g/mol. The molecule has 7 heteroatoms. The molecule has 2 rings (SSSR count). The highest BCUT2D eigenvalue weighted by Gasteiger charge is 2.22. The third-order valence-corrected chi connectivity index (χ3v) is 3.63. The van der Waals surface area contributed by atoms with Gasteiger partial charge < -0.3 is 10.6 Å². The molecule has 0 radical (unpaired) electrons. The Kier molecular flexibility index (Phi) is 4.56. The van der Waals surface area contributed by atoms with Gasteiger partial charge in [0.05, 0.1) is 8.49 Å². The molecule has 0 bridgehead atoms. The van der Waals surface area contributed by atoms with Crippen LogP contribution in [0.4, 0.5) is 11.4 Å². The van der Waals surface area contributed by atoms with E-state index in [0.717, 1.165) is 18.5 Å². The molecule has 19 heavy (non-hydrogen) atoms. The van der Waals surface area contributed by atoms with Gasteiger partial charge in [0, 0.05) is 30.8 Å². The van der Waals surface area contributed by atoms with Crippen molar-refractivity contribution in [2.45, 2.75) is 25.3 Å². The van der Waals surface area contributed by atoms with Crippen LogP contribution >= 0.6 is 22.6 Å². The molecule has 0 unspecified atom stereocenters. The number of halogens is 1. The lowest BCUT2D eigenvalue weighted by atomic mass is 10.2. The van der Waals surface area contributed by atoms with E-state index in [1.165, 1.54) is 6.07 Å². The fraction of sp³-hybridized carbons (Fsp3) is 0.417. The molecule has 1 aliphatic carbocycles. The second-order valence-corrected chi connectivity index (χ2v) is 5.60. The highest BCUT2D eigenvalue weighted by molar-refractivity contribution is 14.1. The summed E-state index contributed by atoms with van der Waals surface area (Å²) in [6.07, 6.45) is 2.57. The van der Waals surface area contributed by atoms with E-state index >= 15 is 0 Å². The third-order valence-electron chi connectivity index (χ3n) is 2.77. The minimum absolute atomic E-state index is 0.0478. The average Bonchev–Trinajstić information content (AvgIpc) is 3.12. The number of nitro groups is 1. The number of nitrogens with zero attached hydrogens (tertiary/aromatic N) is 1. The number of rotatable bonds is 6. The second-order valence-electron chi connectivity index (χ2n) is 4.44. The molecule has 1 aromatic rings. The highest BCUT2D eigenvalue weighted by atomic mass is 127. The Morgan fingerprint density at radius 1 is 1.47 bits per heavy atom. The summed E-state index contributed by atoms with van der Waals surface area (Å²) in [5, 5.41) is 16.7. The van der Waals surface area contributed by atoms with Crippen molar-refractivity contribution in [3.8, 4) is 0 Å². The molecule has 0 aliphatic heterocycles. The molecule has 102 valence electrons. The first-order valence-corrected chi connectivity index (χ1v) is 7.11. The van der Waals surface area contributed by atoms with Crippen LogP contribution in [0.15, 0.2) is 18.2 Å². The van der Waals surface area contributed by atoms with Gasteiger partial charge in [-0.25, -0.2) is 0 Å². The van der Waals surface area contributed by atoms with Gasteiger partial charge in [-0.2, -0.15) is 0 Å². The van der Waals surface area contributed by atoms with Gasteiger partial charge in [0.2, 0.25) is 5.91 Å². The van der Waals surface area contributed by atoms with Crippen molar-refractivity contribution in [3.05, 3.63) is 31.9 Å². The Bertz CT molecular complexity index is 503. The van der Waals surface area contributed by atoms with E-state index in [0.29, 0.717) is 22.6 Å². The van der Waals surface area contributed by atoms with Crippen molar-refractivity contribution in [3.63, 3.8) is 0 Å². The smallest absolute Gasteiger partial charge is 0.282 e. The van der Waals surface area contributed by atoms with Gasteiger partial charge in [0.15, 0.2) is 0 Å². The summed E-state index contributed by atoms with van der Waals surface area (Å²) in [6, 6.07) is 5.21. The largest absolute Gasteiger partial charge is 0.384 e. The molecule has 0 saturated heterocycles. The van der Waals surface area contributed by atoms with Crippen LogP contribution in [0.1, 0.15) is 19.3 Å². The van der Waals surface area contributed by atoms with E-state index in [-0.39, 0.29) is 11.6 Å². The van der Waals surface area contributed by atoms with Gasteiger partial charge in [-0.05, 0) is 47.6 Å². The lowest BCUT2D eigenvalue weighted by molar-refractivity contribution is -0.385. The zero-order chi connectivity index (χ0) is 13.8. The fourth-order valence-corrected chi connectivity index (χ4v) is 2.33. The Balaban J connectivity index is 1.80. The van der Waals surface area contributed by atoms with Gasteiger partial charge in [0.25, 0.3) is 5.69 Å². The van der Waals surface area contributed by atoms with Crippen molar-refractivity contribution in [2.75, 3.05) is 11.9 Å². The Hall–Kier alpha value is -1.38. The number of carbonyl (C=O) groups excluding carboxylic acids is 1. The van der Waals surface area contributed by atoms with Crippen LogP contribution in [0.3, 0.4) is 0 Å². The molecule has 1 aliphatic rings. The van der Waals surface area contributed by atoms with Gasteiger partial charge >= 0.3 is 0 Å². The zero-order valence-electron chi connectivity index (χ0n) is 10.2. The maximum absolute atomic E-state index is 11.5. The van der Waals surface area contributed by atoms with Crippen LogP contribution in [0, 0.1) is 13.7 Å². The number of nitrogens with one attached hydrogen (secondary N) is 2. The quantitative estimate of drug-likeness (QED) is 0.454. The predicted octanol–water partition coefficient (Wildman–Crippen LogP) is 2.28. The number of carbonyl (C=O) groups is 1. The van der Waals surface area contributed by atoms with Crippen molar-refractivity contribution in [2.24, 2.45) is 0 Å². The zero-order valence-corrected chi connectivity index (χ0v) is 12.3. The third kappa shape index (κ3) is 4.34. The topological polar surface area (TPSA) is 84.3 Å². The second kappa shape index (κ2) is 6.18. The summed E-state index contributed by atoms with van der Waals surface area (Å²) in [4.78, 5) is 21.7. The first-order chi connectivity index (χ1) is 9.06. The first-order valence-electron chi connectivity index (χ1n) is 6.03. The molecule has 6 nitrogen and oxygen atoms in total. The van der Waals surface area contributed by atoms with Crippen LogP contribution in [-0.4, -0.2) is 23.4 Å². The lowest BCUT2D eigenvalue weighted by Crippen LogP contribution is -2.27. The standard InChI is InChI=1S/C12H14IN3O3/c13-10-7-9(3-4-11(10)16(18)19)14-6-5-12(17)15-8-1-2-8/h3-4,7-8,14H,1-2,5-6H2,(H,15,17). The lowest BCUT2D eigenvalue weighted by Gasteiger charge is -2.07. The summed E-state index contributed by atoms with van der Waals surface area (Å²) in [7, 11) is 0. The van der Waals surface area contributed by atoms with E-state index in [4.69, 9.17) is 0 Å². The number of hydrogen-bond acceptors (Lipinski definition) is 4. The summed E-state index contributed by atoms with van der Waals surface area (Å²) in [5.74, 6) is 0.0478. The molecule has 2 N–H and O–H groups in total. The number of anilines is 1. The van der Waals surface area contributed by atoms with E-state index in [9.17, 15) is 14.9 Å². The van der Waals surface area contributed by atoms with E-state index < -0.39 is 4.92 Å². The number of hydrogen-bond donors (Lipinski definition) is 2. The Labute approximate surface area is 124 Å². The minimum Gasteiger partial charge on any atom is -0.384 e. The van der Waals surface area contributed by atoms with E-state index in [1.807, 2.05) is 22.6 Å². The van der Waals surface area contributed by atoms with Crippen LogP contribution < -0.4 is 10.6 Å². The van der Waals surface area contributed by atoms with Crippen molar-refractivity contribution in [1.29, 1.82) is 0 Å². The normalized spacial score (nSPS) is 13.9. The van der Waals surface area contributed by atoms with Crippen LogP contribution in [-0.2, 0) is 4.79 Å². The maximum Gasteiger partial charge on any atom is 0.282 e. The number of benzene rings is 1. The molecule has 1 aromatic carbocycles. The van der Waals surface area contributed by atoms with E-state index in [1.54, 1.807) is 12.1 Å². The molecule has 1 amide bonds. The molecule has 0 atom stereocenters. The molecular weight excluding hydrogens is 361 g/mol. The van der Waals surface area contributed by atoms with Gasteiger partial charge in [0.1, 0.15) is 0 Å². The Morgan fingerprint density at radius 2 is 2.21 bits per heavy atom. The average molecular weight is 375 g/mol. The molecule has 0 aromatic heterocycles. The summed E-state index contributed by atoms with van der Waals surface area (Å²) < 4.78 is 0.579. The van der Waals surface area contributed by atoms with Gasteiger partial charge in [-0.1, -0.05) is 0 Å². The molecular formula is C12H14IN3O3. The summed E-state index contributed by atoms with van der Waals surface area (Å²) >= 11 is 1.93. The highest BCUT2D eigenvalue weighted by Crippen LogP contribution is 2.24. The van der Waals surface area contributed by atoms with Crippen molar-refractivity contribution >= 4 is 39.9 Å². The Morgan fingerprint density at radius 3 is 2.79 bits per heavy atom. The minimum atomic E-state index is -0.408.